The predicted molar refractivity (Wildman–Crippen MR) is 125 cm³/mol. The number of carboxylic acids is 1. The molecule has 1 aromatic heterocycles. The first kappa shape index (κ1) is 29.5. The highest BCUT2D eigenvalue weighted by Gasteiger charge is 2.32. The van der Waals surface area contributed by atoms with Gasteiger partial charge in [-0.25, -0.2) is 9.78 Å². The molecule has 1 rings (SSSR count). The molecule has 0 aliphatic rings. The van der Waals surface area contributed by atoms with Crippen LogP contribution >= 0.6 is 0 Å². The minimum absolute atomic E-state index is 0.0533. The molecule has 196 valence electrons. The second kappa shape index (κ2) is 14.7. The van der Waals surface area contributed by atoms with Crippen molar-refractivity contribution < 1.29 is 29.1 Å². The van der Waals surface area contributed by atoms with Crippen LogP contribution in [0.4, 0.5) is 0 Å². The standard InChI is InChI=1S/C21H36N8O6/c1-11(2)17(20(33)28-15(21(34)35)7-12-9-25-10-26-12)29-19(32)14(8-16(24)30)27-18(31)13(23)5-3-4-6-22/h9-11,13-15,17H,3-8,22-23H2,1-2H3,(H2,24,30)(H,25,26)(H,27,31)(H,28,33)(H,29,32)(H,34,35). The lowest BCUT2D eigenvalue weighted by molar-refractivity contribution is -0.142. The van der Waals surface area contributed by atoms with Crippen LogP contribution in [-0.2, 0) is 30.4 Å². The van der Waals surface area contributed by atoms with Gasteiger partial charge in [0.2, 0.25) is 23.6 Å². The quantitative estimate of drug-likeness (QED) is 0.112. The molecule has 1 aromatic rings. The average Bonchev–Trinajstić information content (AvgIpc) is 3.28. The van der Waals surface area contributed by atoms with Gasteiger partial charge in [-0.05, 0) is 25.3 Å². The van der Waals surface area contributed by atoms with Gasteiger partial charge in [0, 0.05) is 18.3 Å². The maximum Gasteiger partial charge on any atom is 0.326 e. The highest BCUT2D eigenvalue weighted by atomic mass is 16.4. The van der Waals surface area contributed by atoms with Crippen LogP contribution in [0.5, 0.6) is 0 Å². The van der Waals surface area contributed by atoms with Gasteiger partial charge >= 0.3 is 5.97 Å². The molecular formula is C21H36N8O6. The van der Waals surface area contributed by atoms with Gasteiger partial charge in [0.05, 0.1) is 18.8 Å². The summed E-state index contributed by atoms with van der Waals surface area (Å²) in [5.74, 6) is -4.81. The molecule has 14 nitrogen and oxygen atoms in total. The number of nitrogens with one attached hydrogen (secondary N) is 4. The van der Waals surface area contributed by atoms with Crippen molar-refractivity contribution in [2.24, 2.45) is 23.1 Å². The second-order valence-corrected chi connectivity index (χ2v) is 8.53. The summed E-state index contributed by atoms with van der Waals surface area (Å²) in [4.78, 5) is 67.9. The number of aliphatic carboxylic acids is 1. The van der Waals surface area contributed by atoms with E-state index in [0.29, 0.717) is 31.5 Å². The molecule has 4 atom stereocenters. The molecule has 0 saturated heterocycles. The van der Waals surface area contributed by atoms with Crippen LogP contribution in [0.25, 0.3) is 0 Å². The number of aromatic amines is 1. The fraction of sp³-hybridized carbons (Fsp3) is 0.619. The SMILES string of the molecule is CC(C)C(NC(=O)C(CC(N)=O)NC(=O)C(N)CCCCN)C(=O)NC(Cc1cnc[nH]1)C(=O)O. The number of imidazole rings is 1. The van der Waals surface area contributed by atoms with Crippen molar-refractivity contribution in [3.8, 4) is 0 Å². The minimum atomic E-state index is -1.37. The lowest BCUT2D eigenvalue weighted by Gasteiger charge is -2.26. The van der Waals surface area contributed by atoms with Crippen LogP contribution < -0.4 is 33.2 Å². The summed E-state index contributed by atoms with van der Waals surface area (Å²) < 4.78 is 0. The molecule has 0 fully saturated rings. The highest BCUT2D eigenvalue weighted by Crippen LogP contribution is 2.07. The van der Waals surface area contributed by atoms with Crippen LogP contribution in [0, 0.1) is 5.92 Å². The monoisotopic (exact) mass is 496 g/mol. The zero-order valence-electron chi connectivity index (χ0n) is 20.0. The number of carbonyl (C=O) groups excluding carboxylic acids is 4. The average molecular weight is 497 g/mol. The van der Waals surface area contributed by atoms with E-state index in [-0.39, 0.29) is 6.42 Å². The summed E-state index contributed by atoms with van der Waals surface area (Å²) in [5, 5.41) is 16.8. The van der Waals surface area contributed by atoms with Gasteiger partial charge in [0.15, 0.2) is 0 Å². The number of primary amides is 1. The van der Waals surface area contributed by atoms with Crippen LogP contribution in [0.15, 0.2) is 12.5 Å². The van der Waals surface area contributed by atoms with Gasteiger partial charge in [0.25, 0.3) is 0 Å². The van der Waals surface area contributed by atoms with Gasteiger partial charge in [-0.2, -0.15) is 0 Å². The van der Waals surface area contributed by atoms with Crippen LogP contribution in [0.2, 0.25) is 0 Å². The minimum Gasteiger partial charge on any atom is -0.480 e. The number of carboxylic acid groups (broad SMARTS) is 1. The van der Waals surface area contributed by atoms with Crippen molar-refractivity contribution in [2.75, 3.05) is 6.54 Å². The van der Waals surface area contributed by atoms with Crippen LogP contribution in [0.3, 0.4) is 0 Å². The number of aromatic nitrogens is 2. The number of hydrogen-bond acceptors (Lipinski definition) is 8. The molecule has 35 heavy (non-hydrogen) atoms. The van der Waals surface area contributed by atoms with Gasteiger partial charge < -0.3 is 43.2 Å². The molecule has 1 heterocycles. The molecule has 0 aliphatic heterocycles. The first-order valence-electron chi connectivity index (χ1n) is 11.3. The maximum absolute atomic E-state index is 12.9. The van der Waals surface area contributed by atoms with Gasteiger partial charge in [0.1, 0.15) is 18.1 Å². The Labute approximate surface area is 203 Å². The van der Waals surface area contributed by atoms with Gasteiger partial charge in [-0.1, -0.05) is 20.3 Å². The summed E-state index contributed by atoms with van der Waals surface area (Å²) in [6, 6.07) is -4.73. The highest BCUT2D eigenvalue weighted by molar-refractivity contribution is 5.96. The summed E-state index contributed by atoms with van der Waals surface area (Å²) >= 11 is 0. The lowest BCUT2D eigenvalue weighted by Crippen LogP contribution is -2.59. The van der Waals surface area contributed by atoms with E-state index in [2.05, 4.69) is 25.9 Å². The molecule has 0 saturated carbocycles. The number of unbranched alkanes of at least 4 members (excludes halogenated alkanes) is 1. The Bertz CT molecular complexity index is 860. The van der Waals surface area contributed by atoms with E-state index in [1.165, 1.54) is 12.5 Å². The van der Waals surface area contributed by atoms with E-state index >= 15 is 0 Å². The normalized spacial score (nSPS) is 14.4. The Morgan fingerprint density at radius 1 is 1.03 bits per heavy atom. The molecule has 11 N–H and O–H groups in total. The van der Waals surface area contributed by atoms with Crippen molar-refractivity contribution in [1.82, 2.24) is 25.9 Å². The first-order chi connectivity index (χ1) is 16.5. The lowest BCUT2D eigenvalue weighted by atomic mass is 10.0. The topological polar surface area (TPSA) is 248 Å². The van der Waals surface area contributed by atoms with Crippen LogP contribution in [-0.4, -0.2) is 75.4 Å². The van der Waals surface area contributed by atoms with Crippen LogP contribution in [0.1, 0.15) is 45.2 Å². The molecule has 0 radical (unpaired) electrons. The fourth-order valence-electron chi connectivity index (χ4n) is 3.20. The van der Waals surface area contributed by atoms with E-state index in [1.807, 2.05) is 0 Å². The molecule has 0 spiro atoms. The Morgan fingerprint density at radius 3 is 2.20 bits per heavy atom. The molecule has 4 amide bonds. The van der Waals surface area contributed by atoms with E-state index in [9.17, 15) is 29.1 Å². The number of rotatable bonds is 16. The number of nitrogens with two attached hydrogens (primary N) is 3. The molecule has 0 aromatic carbocycles. The number of H-pyrrole nitrogens is 1. The van der Waals surface area contributed by atoms with Gasteiger partial charge in [-0.15, -0.1) is 0 Å². The third-order valence-corrected chi connectivity index (χ3v) is 5.18. The molecule has 0 bridgehead atoms. The van der Waals surface area contributed by atoms with Crippen molar-refractivity contribution in [3.05, 3.63) is 18.2 Å². The summed E-state index contributed by atoms with van der Waals surface area (Å²) in [6.45, 7) is 3.73. The third-order valence-electron chi connectivity index (χ3n) is 5.18. The van der Waals surface area contributed by atoms with E-state index in [1.54, 1.807) is 13.8 Å². The fourth-order valence-corrected chi connectivity index (χ4v) is 3.20. The van der Waals surface area contributed by atoms with E-state index < -0.39 is 66.1 Å². The molecule has 14 heteroatoms. The van der Waals surface area contributed by atoms with Crippen molar-refractivity contribution in [2.45, 2.75) is 70.1 Å². The van der Waals surface area contributed by atoms with Crippen molar-refractivity contribution in [1.29, 1.82) is 0 Å². The summed E-state index contributed by atoms with van der Waals surface area (Å²) in [5.41, 5.74) is 17.0. The smallest absolute Gasteiger partial charge is 0.326 e. The Kier molecular flexibility index (Phi) is 12.4. The van der Waals surface area contributed by atoms with E-state index in [0.717, 1.165) is 0 Å². The third kappa shape index (κ3) is 10.5. The van der Waals surface area contributed by atoms with Gasteiger partial charge in [-0.3, -0.25) is 19.2 Å². The number of nitrogens with zero attached hydrogens (tertiary/aromatic N) is 1. The van der Waals surface area contributed by atoms with E-state index in [4.69, 9.17) is 17.2 Å². The van der Waals surface area contributed by atoms with Crippen molar-refractivity contribution >= 4 is 29.6 Å². The maximum atomic E-state index is 12.9. The number of amides is 4. The number of hydrogen-bond donors (Lipinski definition) is 8. The second-order valence-electron chi connectivity index (χ2n) is 8.53. The molecular weight excluding hydrogens is 460 g/mol. The summed E-state index contributed by atoms with van der Waals surface area (Å²) in [7, 11) is 0. The number of carbonyl (C=O) groups is 5. The Morgan fingerprint density at radius 2 is 1.69 bits per heavy atom. The van der Waals surface area contributed by atoms with Crippen molar-refractivity contribution in [3.63, 3.8) is 0 Å². The first-order valence-corrected chi connectivity index (χ1v) is 11.3. The Hall–Kier alpha value is -3.52. The Balaban J connectivity index is 2.89. The zero-order chi connectivity index (χ0) is 26.5. The molecule has 0 aliphatic carbocycles. The predicted octanol–water partition coefficient (Wildman–Crippen LogP) is -2.52. The summed E-state index contributed by atoms with van der Waals surface area (Å²) in [6.07, 6.45) is 3.86. The largest absolute Gasteiger partial charge is 0.480 e. The zero-order valence-corrected chi connectivity index (χ0v) is 20.0. The molecule has 4 unspecified atom stereocenters.